The maximum absolute atomic E-state index is 15.1. The van der Waals surface area contributed by atoms with E-state index in [4.69, 9.17) is 4.98 Å². The lowest BCUT2D eigenvalue weighted by atomic mass is 9.91. The van der Waals surface area contributed by atoms with Gasteiger partial charge < -0.3 is 10.0 Å². The Bertz CT molecular complexity index is 1440. The van der Waals surface area contributed by atoms with Crippen LogP contribution in [0.15, 0.2) is 100 Å². The molecular formula is C35H42FN3OS. The first kappa shape index (κ1) is 29.4. The number of thiazole rings is 1. The molecule has 41 heavy (non-hydrogen) atoms. The maximum atomic E-state index is 15.1. The van der Waals surface area contributed by atoms with Gasteiger partial charge in [-0.15, -0.1) is 11.3 Å². The maximum Gasteiger partial charge on any atom is 0.190 e. The number of benzene rings is 1. The molecule has 1 aromatic heterocycles. The van der Waals surface area contributed by atoms with Gasteiger partial charge in [0.25, 0.3) is 0 Å². The Morgan fingerprint density at radius 1 is 1.27 bits per heavy atom. The SMILES string of the molecule is C/C=C(C)\C=C/Cc1csc(N(CC2=CC=C(C(C)(O)NCC3=CCCC(CC)=C3)C3CC23)c2ccccc2F)n1. The summed E-state index contributed by atoms with van der Waals surface area (Å²) in [4.78, 5) is 6.90. The Morgan fingerprint density at radius 3 is 2.88 bits per heavy atom. The Hall–Kier alpha value is -3.06. The summed E-state index contributed by atoms with van der Waals surface area (Å²) in [5.74, 6) is 0.399. The third-order valence-electron chi connectivity index (χ3n) is 8.48. The summed E-state index contributed by atoms with van der Waals surface area (Å²) in [5.41, 5.74) is 6.68. The monoisotopic (exact) mass is 571 g/mol. The van der Waals surface area contributed by atoms with Crippen LogP contribution in [0.3, 0.4) is 0 Å². The highest BCUT2D eigenvalue weighted by atomic mass is 32.1. The van der Waals surface area contributed by atoms with Crippen molar-refractivity contribution in [3.8, 4) is 0 Å². The summed E-state index contributed by atoms with van der Waals surface area (Å²) in [6, 6.07) is 6.94. The summed E-state index contributed by atoms with van der Waals surface area (Å²) in [6.45, 7) is 9.40. The fourth-order valence-corrected chi connectivity index (χ4v) is 6.64. The molecule has 2 N–H and O–H groups in total. The average Bonchev–Trinajstić information content (AvgIpc) is 3.65. The predicted molar refractivity (Wildman–Crippen MR) is 170 cm³/mol. The molecule has 4 nitrogen and oxygen atoms in total. The second kappa shape index (κ2) is 12.8. The number of allylic oxidation sites excluding steroid dienone is 8. The Balaban J connectivity index is 1.33. The highest BCUT2D eigenvalue weighted by Gasteiger charge is 2.49. The van der Waals surface area contributed by atoms with Crippen molar-refractivity contribution in [2.45, 2.75) is 65.5 Å². The lowest BCUT2D eigenvalue weighted by Crippen LogP contribution is -2.46. The number of nitrogens with one attached hydrogen (secondary N) is 1. The minimum atomic E-state index is -1.08. The number of hydrogen-bond donors (Lipinski definition) is 2. The van der Waals surface area contributed by atoms with Crippen LogP contribution in [0.25, 0.3) is 0 Å². The van der Waals surface area contributed by atoms with E-state index in [1.165, 1.54) is 28.4 Å². The number of hydrogen-bond acceptors (Lipinski definition) is 5. The van der Waals surface area contributed by atoms with Crippen LogP contribution in [0.4, 0.5) is 15.2 Å². The third kappa shape index (κ3) is 7.06. The number of nitrogens with zero attached hydrogens (tertiary/aromatic N) is 2. The number of rotatable bonds is 12. The Kier molecular flexibility index (Phi) is 9.22. The van der Waals surface area contributed by atoms with E-state index in [-0.39, 0.29) is 5.82 Å². The fraction of sp³-hybridized carbons (Fsp3) is 0.400. The van der Waals surface area contributed by atoms with E-state index < -0.39 is 5.72 Å². The molecule has 1 heterocycles. The van der Waals surface area contributed by atoms with Crippen LogP contribution in [-0.4, -0.2) is 28.9 Å². The van der Waals surface area contributed by atoms with Gasteiger partial charge in [-0.05, 0) is 87.1 Å². The number of para-hydroxylation sites is 1. The summed E-state index contributed by atoms with van der Waals surface area (Å²) >= 11 is 1.55. The molecule has 1 aromatic carbocycles. The molecule has 216 valence electrons. The van der Waals surface area contributed by atoms with Crippen LogP contribution in [0.2, 0.25) is 0 Å². The smallest absolute Gasteiger partial charge is 0.190 e. The normalized spacial score (nSPS) is 22.0. The third-order valence-corrected chi connectivity index (χ3v) is 9.39. The van der Waals surface area contributed by atoms with Crippen molar-refractivity contribution in [3.05, 3.63) is 112 Å². The van der Waals surface area contributed by atoms with Crippen LogP contribution >= 0.6 is 11.3 Å². The molecule has 0 radical (unpaired) electrons. The van der Waals surface area contributed by atoms with Crippen molar-refractivity contribution in [1.82, 2.24) is 10.3 Å². The molecule has 6 heteroatoms. The Labute approximate surface area is 248 Å². The highest BCUT2D eigenvalue weighted by molar-refractivity contribution is 7.13. The molecule has 0 aliphatic heterocycles. The minimum Gasteiger partial charge on any atom is -0.372 e. The standard InChI is InChI=1S/C35H42FN3OS/c1-5-24(3)11-9-14-28-23-41-34(38-28)39(33-16-8-7-15-32(33)36)22-27-17-18-31(30-20-29(27)30)35(4,40)37-21-26-13-10-12-25(6-2)19-26/h5,7-9,11,13,15-19,23,29-30,37,40H,6,10,12,14,20-22H2,1-4H3/b11-9-,24-5-. The van der Waals surface area contributed by atoms with Crippen molar-refractivity contribution in [1.29, 1.82) is 0 Å². The molecule has 2 aromatic rings. The molecule has 0 spiro atoms. The number of aromatic nitrogens is 1. The first-order valence-corrected chi connectivity index (χ1v) is 15.7. The van der Waals surface area contributed by atoms with Crippen LogP contribution in [-0.2, 0) is 6.42 Å². The van der Waals surface area contributed by atoms with Gasteiger partial charge in [-0.1, -0.05) is 72.7 Å². The zero-order chi connectivity index (χ0) is 29.0. The Morgan fingerprint density at radius 2 is 2.10 bits per heavy atom. The average molecular weight is 572 g/mol. The first-order valence-electron chi connectivity index (χ1n) is 14.8. The second-order valence-corrected chi connectivity index (χ2v) is 12.3. The highest BCUT2D eigenvalue weighted by Crippen LogP contribution is 2.54. The van der Waals surface area contributed by atoms with Gasteiger partial charge in [-0.3, -0.25) is 5.32 Å². The van der Waals surface area contributed by atoms with Crippen LogP contribution in [0.5, 0.6) is 0 Å². The zero-order valence-electron chi connectivity index (χ0n) is 24.7. The molecule has 3 aliphatic carbocycles. The van der Waals surface area contributed by atoms with E-state index in [0.717, 1.165) is 48.5 Å². The molecule has 3 unspecified atom stereocenters. The molecule has 0 saturated heterocycles. The van der Waals surface area contributed by atoms with Crippen LogP contribution in [0, 0.1) is 17.7 Å². The van der Waals surface area contributed by atoms with Gasteiger partial charge in [-0.2, -0.15) is 0 Å². The van der Waals surface area contributed by atoms with Gasteiger partial charge in [-0.25, -0.2) is 9.37 Å². The largest absolute Gasteiger partial charge is 0.372 e. The van der Waals surface area contributed by atoms with E-state index in [0.29, 0.717) is 30.6 Å². The van der Waals surface area contributed by atoms with Gasteiger partial charge in [0.1, 0.15) is 11.5 Å². The van der Waals surface area contributed by atoms with Crippen molar-refractivity contribution >= 4 is 22.2 Å². The quantitative estimate of drug-likeness (QED) is 0.199. The van der Waals surface area contributed by atoms with Gasteiger partial charge in [0.15, 0.2) is 5.13 Å². The molecular weight excluding hydrogens is 529 g/mol. The molecule has 5 rings (SSSR count). The summed E-state index contributed by atoms with van der Waals surface area (Å²) in [7, 11) is 0. The van der Waals surface area contributed by atoms with E-state index >= 15 is 4.39 Å². The van der Waals surface area contributed by atoms with Crippen LogP contribution < -0.4 is 10.2 Å². The van der Waals surface area contributed by atoms with Gasteiger partial charge in [0.05, 0.1) is 11.4 Å². The van der Waals surface area contributed by atoms with Crippen molar-refractivity contribution in [3.63, 3.8) is 0 Å². The van der Waals surface area contributed by atoms with E-state index in [9.17, 15) is 5.11 Å². The topological polar surface area (TPSA) is 48.4 Å². The number of anilines is 2. The molecule has 0 amide bonds. The van der Waals surface area contributed by atoms with E-state index in [2.05, 4.69) is 67.1 Å². The fourth-order valence-electron chi connectivity index (χ4n) is 5.79. The van der Waals surface area contributed by atoms with Gasteiger partial charge in [0.2, 0.25) is 0 Å². The van der Waals surface area contributed by atoms with Crippen LogP contribution in [0.1, 0.15) is 59.1 Å². The van der Waals surface area contributed by atoms with E-state index in [1.54, 1.807) is 17.4 Å². The summed E-state index contributed by atoms with van der Waals surface area (Å²) < 4.78 is 15.1. The predicted octanol–water partition coefficient (Wildman–Crippen LogP) is 8.34. The molecule has 0 bridgehead atoms. The molecule has 1 saturated carbocycles. The molecule has 3 atom stereocenters. The van der Waals surface area contributed by atoms with Crippen molar-refractivity contribution < 1.29 is 9.50 Å². The summed E-state index contributed by atoms with van der Waals surface area (Å²) in [5, 5.41) is 17.7. The molecule has 1 fully saturated rings. The van der Waals surface area contributed by atoms with Gasteiger partial charge in [0, 0.05) is 24.9 Å². The van der Waals surface area contributed by atoms with Crippen molar-refractivity contribution in [2.24, 2.45) is 11.8 Å². The van der Waals surface area contributed by atoms with E-state index in [1.807, 2.05) is 30.9 Å². The number of fused-ring (bicyclic) bond motifs is 1. The first-order chi connectivity index (χ1) is 19.8. The summed E-state index contributed by atoms with van der Waals surface area (Å²) in [6.07, 6.45) is 20.1. The minimum absolute atomic E-state index is 0.253. The van der Waals surface area contributed by atoms with Crippen molar-refractivity contribution in [2.75, 3.05) is 18.0 Å². The zero-order valence-corrected chi connectivity index (χ0v) is 25.5. The van der Waals surface area contributed by atoms with Gasteiger partial charge >= 0.3 is 0 Å². The number of aliphatic hydroxyl groups is 1. The molecule has 3 aliphatic rings. The lowest BCUT2D eigenvalue weighted by Gasteiger charge is -2.31. The lowest BCUT2D eigenvalue weighted by molar-refractivity contribution is 0.0589. The second-order valence-electron chi connectivity index (χ2n) is 11.5. The number of halogens is 1.